The summed E-state index contributed by atoms with van der Waals surface area (Å²) < 4.78 is 5.55. The third-order valence-electron chi connectivity index (χ3n) is 5.66. The Kier molecular flexibility index (Phi) is 13.2. The van der Waals surface area contributed by atoms with Gasteiger partial charge in [0.2, 0.25) is 5.91 Å². The minimum absolute atomic E-state index is 0.0230. The zero-order chi connectivity index (χ0) is 21.6. The molecule has 0 spiro atoms. The average molecular weight is 410 g/mol. The van der Waals surface area contributed by atoms with Crippen molar-refractivity contribution < 1.29 is 19.7 Å². The SMILES string of the molecule is CCCCCC(C=CC1C(O)CC(O)C1CC=CCCCC(=O)NC(C)C)OC. The number of unbranched alkanes of at least 4 members (excludes halogenated alkanes) is 3. The van der Waals surface area contributed by atoms with Crippen LogP contribution < -0.4 is 5.32 Å². The van der Waals surface area contributed by atoms with E-state index in [9.17, 15) is 15.0 Å². The molecular weight excluding hydrogens is 366 g/mol. The maximum Gasteiger partial charge on any atom is 0.220 e. The van der Waals surface area contributed by atoms with Crippen molar-refractivity contribution in [2.24, 2.45) is 11.8 Å². The lowest BCUT2D eigenvalue weighted by Gasteiger charge is -2.20. The normalized spacial score (nSPS) is 26.0. The monoisotopic (exact) mass is 409 g/mol. The van der Waals surface area contributed by atoms with Gasteiger partial charge >= 0.3 is 0 Å². The van der Waals surface area contributed by atoms with Gasteiger partial charge in [-0.3, -0.25) is 4.79 Å². The first-order chi connectivity index (χ1) is 13.9. The van der Waals surface area contributed by atoms with E-state index in [4.69, 9.17) is 4.74 Å². The van der Waals surface area contributed by atoms with E-state index < -0.39 is 12.2 Å². The molecule has 1 aliphatic rings. The number of hydrogen-bond acceptors (Lipinski definition) is 4. The Bertz CT molecular complexity index is 503. The van der Waals surface area contributed by atoms with E-state index in [0.717, 1.165) is 32.1 Å². The minimum atomic E-state index is -0.507. The number of aliphatic hydroxyl groups excluding tert-OH is 2. The van der Waals surface area contributed by atoms with E-state index >= 15 is 0 Å². The van der Waals surface area contributed by atoms with Gasteiger partial charge in [0.1, 0.15) is 0 Å². The van der Waals surface area contributed by atoms with Crippen LogP contribution >= 0.6 is 0 Å². The number of methoxy groups -OCH3 is 1. The number of carbonyl (C=O) groups is 1. The molecule has 1 fully saturated rings. The third-order valence-corrected chi connectivity index (χ3v) is 5.66. The van der Waals surface area contributed by atoms with E-state index in [1.807, 2.05) is 13.8 Å². The van der Waals surface area contributed by atoms with Crippen molar-refractivity contribution >= 4 is 5.91 Å². The molecule has 29 heavy (non-hydrogen) atoms. The second-order valence-corrected chi connectivity index (χ2v) is 8.59. The van der Waals surface area contributed by atoms with E-state index in [1.165, 1.54) is 12.8 Å². The van der Waals surface area contributed by atoms with Gasteiger partial charge in [-0.1, -0.05) is 50.5 Å². The van der Waals surface area contributed by atoms with Crippen molar-refractivity contribution in [3.63, 3.8) is 0 Å². The van der Waals surface area contributed by atoms with Crippen LogP contribution in [-0.4, -0.2) is 47.6 Å². The number of aliphatic hydroxyl groups is 2. The zero-order valence-electron chi connectivity index (χ0n) is 18.8. The maximum absolute atomic E-state index is 11.6. The fourth-order valence-electron chi connectivity index (χ4n) is 3.99. The number of hydrogen-bond donors (Lipinski definition) is 3. The largest absolute Gasteiger partial charge is 0.393 e. The van der Waals surface area contributed by atoms with E-state index in [1.54, 1.807) is 7.11 Å². The van der Waals surface area contributed by atoms with Crippen LogP contribution in [0.3, 0.4) is 0 Å². The topological polar surface area (TPSA) is 78.8 Å². The summed E-state index contributed by atoms with van der Waals surface area (Å²) in [7, 11) is 1.72. The van der Waals surface area contributed by atoms with Crippen molar-refractivity contribution in [1.82, 2.24) is 5.32 Å². The third kappa shape index (κ3) is 10.4. The van der Waals surface area contributed by atoms with Gasteiger partial charge in [0.15, 0.2) is 0 Å². The molecule has 0 aliphatic heterocycles. The summed E-state index contributed by atoms with van der Waals surface area (Å²) >= 11 is 0. The zero-order valence-corrected chi connectivity index (χ0v) is 18.8. The summed E-state index contributed by atoms with van der Waals surface area (Å²) in [6.07, 6.45) is 15.2. The van der Waals surface area contributed by atoms with Gasteiger partial charge in [-0.2, -0.15) is 0 Å². The molecule has 5 nitrogen and oxygen atoms in total. The highest BCUT2D eigenvalue weighted by Gasteiger charge is 2.39. The molecule has 3 N–H and O–H groups in total. The van der Waals surface area contributed by atoms with Gasteiger partial charge in [-0.05, 0) is 45.4 Å². The summed E-state index contributed by atoms with van der Waals surface area (Å²) in [4.78, 5) is 11.6. The highest BCUT2D eigenvalue weighted by Crippen LogP contribution is 2.36. The predicted molar refractivity (Wildman–Crippen MR) is 119 cm³/mol. The summed E-state index contributed by atoms with van der Waals surface area (Å²) in [5, 5.41) is 23.7. The molecule has 168 valence electrons. The lowest BCUT2D eigenvalue weighted by molar-refractivity contribution is -0.121. The van der Waals surface area contributed by atoms with Crippen molar-refractivity contribution in [3.8, 4) is 0 Å². The summed E-state index contributed by atoms with van der Waals surface area (Å²) in [5.74, 6) is 0.0738. The number of amides is 1. The van der Waals surface area contributed by atoms with Gasteiger partial charge in [-0.25, -0.2) is 0 Å². The van der Waals surface area contributed by atoms with Gasteiger partial charge in [0, 0.05) is 31.9 Å². The summed E-state index contributed by atoms with van der Waals surface area (Å²) in [6.45, 7) is 6.11. The lowest BCUT2D eigenvalue weighted by Crippen LogP contribution is -2.29. The van der Waals surface area contributed by atoms with Crippen LogP contribution in [-0.2, 0) is 9.53 Å². The smallest absolute Gasteiger partial charge is 0.220 e. The van der Waals surface area contributed by atoms with Crippen LogP contribution in [0.2, 0.25) is 0 Å². The molecule has 0 saturated heterocycles. The van der Waals surface area contributed by atoms with Crippen molar-refractivity contribution in [3.05, 3.63) is 24.3 Å². The first-order valence-corrected chi connectivity index (χ1v) is 11.4. The predicted octanol–water partition coefficient (Wildman–Crippen LogP) is 4.14. The number of nitrogens with one attached hydrogen (secondary N) is 1. The van der Waals surface area contributed by atoms with Gasteiger partial charge < -0.3 is 20.3 Å². The molecule has 0 aromatic carbocycles. The highest BCUT2D eigenvalue weighted by molar-refractivity contribution is 5.76. The molecular formula is C24H43NO4. The van der Waals surface area contributed by atoms with Crippen LogP contribution in [0.1, 0.15) is 78.6 Å². The van der Waals surface area contributed by atoms with E-state index in [2.05, 4.69) is 36.5 Å². The lowest BCUT2D eigenvalue weighted by atomic mass is 9.89. The molecule has 1 aliphatic carbocycles. The van der Waals surface area contributed by atoms with Crippen molar-refractivity contribution in [2.75, 3.05) is 7.11 Å². The molecule has 1 rings (SSSR count). The molecule has 5 atom stereocenters. The van der Waals surface area contributed by atoms with Crippen LogP contribution in [0.15, 0.2) is 24.3 Å². The van der Waals surface area contributed by atoms with Gasteiger partial charge in [0.05, 0.1) is 18.3 Å². The van der Waals surface area contributed by atoms with Crippen LogP contribution in [0.25, 0.3) is 0 Å². The molecule has 5 unspecified atom stereocenters. The fraction of sp³-hybridized carbons (Fsp3) is 0.792. The quantitative estimate of drug-likeness (QED) is 0.298. The molecule has 0 heterocycles. The highest BCUT2D eigenvalue weighted by atomic mass is 16.5. The van der Waals surface area contributed by atoms with Crippen molar-refractivity contribution in [1.29, 1.82) is 0 Å². The Hall–Kier alpha value is -1.17. The van der Waals surface area contributed by atoms with Crippen molar-refractivity contribution in [2.45, 2.75) is 103 Å². The van der Waals surface area contributed by atoms with Gasteiger partial charge in [0.25, 0.3) is 0 Å². The Labute approximate surface area is 177 Å². The molecule has 0 bridgehead atoms. The van der Waals surface area contributed by atoms with Crippen LogP contribution in [0.4, 0.5) is 0 Å². The van der Waals surface area contributed by atoms with Crippen LogP contribution in [0, 0.1) is 11.8 Å². The second kappa shape index (κ2) is 14.8. The molecule has 5 heteroatoms. The Morgan fingerprint density at radius 2 is 1.93 bits per heavy atom. The Morgan fingerprint density at radius 3 is 2.59 bits per heavy atom. The average Bonchev–Trinajstić information content (AvgIpc) is 2.93. The molecule has 0 aromatic rings. The van der Waals surface area contributed by atoms with E-state index in [0.29, 0.717) is 12.8 Å². The standard InChI is InChI=1S/C24H43NO4/c1-5-6-9-12-19(29-4)15-16-21-20(22(26)17-23(21)27)13-10-7-8-11-14-24(28)25-18(2)3/h7,10,15-16,18-23,26-27H,5-6,8-9,11-14,17H2,1-4H3,(H,25,28). The first-order valence-electron chi connectivity index (χ1n) is 11.4. The molecule has 0 aromatic heterocycles. The minimum Gasteiger partial charge on any atom is -0.393 e. The number of carbonyl (C=O) groups excluding carboxylic acids is 1. The number of ether oxygens (including phenoxy) is 1. The first kappa shape index (κ1) is 25.9. The Balaban J connectivity index is 2.47. The summed E-state index contributed by atoms with van der Waals surface area (Å²) in [5.41, 5.74) is 0. The maximum atomic E-state index is 11.6. The second-order valence-electron chi connectivity index (χ2n) is 8.59. The van der Waals surface area contributed by atoms with Gasteiger partial charge in [-0.15, -0.1) is 0 Å². The fourth-order valence-corrected chi connectivity index (χ4v) is 3.99. The summed E-state index contributed by atoms with van der Waals surface area (Å²) in [6, 6.07) is 0.183. The number of allylic oxidation sites excluding steroid dienone is 2. The van der Waals surface area contributed by atoms with E-state index in [-0.39, 0.29) is 29.9 Å². The number of rotatable bonds is 14. The molecule has 1 amide bonds. The molecule has 1 saturated carbocycles. The molecule has 0 radical (unpaired) electrons. The Morgan fingerprint density at radius 1 is 1.17 bits per heavy atom. The van der Waals surface area contributed by atoms with Crippen LogP contribution in [0.5, 0.6) is 0 Å².